The van der Waals surface area contributed by atoms with E-state index in [1.807, 2.05) is 58.1 Å². The monoisotopic (exact) mass is 557 g/mol. The molecule has 4 rings (SSSR count). The van der Waals surface area contributed by atoms with Gasteiger partial charge >= 0.3 is 0 Å². The van der Waals surface area contributed by atoms with Gasteiger partial charge in [0.2, 0.25) is 5.91 Å². The average Bonchev–Trinajstić information content (AvgIpc) is 3.67. The van der Waals surface area contributed by atoms with Crippen molar-refractivity contribution in [2.75, 3.05) is 6.54 Å². The van der Waals surface area contributed by atoms with Crippen molar-refractivity contribution in [1.82, 2.24) is 9.21 Å². The van der Waals surface area contributed by atoms with Crippen LogP contribution >= 0.6 is 34.0 Å². The number of hydrogen-bond acceptors (Lipinski definition) is 6. The van der Waals surface area contributed by atoms with E-state index in [0.717, 1.165) is 21.7 Å². The molecule has 0 saturated heterocycles. The largest absolute Gasteiger partial charge is 0.332 e. The molecule has 0 aliphatic heterocycles. The molecule has 4 aromatic rings. The number of unbranched alkanes of at least 4 members (excludes halogenated alkanes) is 2. The Morgan fingerprint density at radius 1 is 0.750 bits per heavy atom. The van der Waals surface area contributed by atoms with E-state index in [9.17, 15) is 13.2 Å². The number of carbonyl (C=O) groups excluding carboxylic acids is 1. The fourth-order valence-corrected chi connectivity index (χ4v) is 7.84. The third-order valence-electron chi connectivity index (χ3n) is 5.64. The lowest BCUT2D eigenvalue weighted by molar-refractivity contribution is -0.128. The lowest BCUT2D eigenvalue weighted by atomic mass is 10.1. The van der Waals surface area contributed by atoms with Crippen LogP contribution in [0.4, 0.5) is 0 Å². The van der Waals surface area contributed by atoms with E-state index in [0.29, 0.717) is 43.2 Å². The second kappa shape index (κ2) is 13.3. The molecule has 1 radical (unpaired) electrons. The number of benzene rings is 1. The maximum absolute atomic E-state index is 13.2. The Morgan fingerprint density at radius 2 is 1.39 bits per heavy atom. The molecule has 0 bridgehead atoms. The molecular formula is C27H29N2O3S4. The van der Waals surface area contributed by atoms with Crippen molar-refractivity contribution in [2.45, 2.75) is 43.1 Å². The summed E-state index contributed by atoms with van der Waals surface area (Å²) in [5.74, 6) is 0.0177. The highest BCUT2D eigenvalue weighted by Crippen LogP contribution is 2.24. The molecule has 9 heteroatoms. The van der Waals surface area contributed by atoms with E-state index in [2.05, 4.69) is 12.1 Å². The van der Waals surface area contributed by atoms with Gasteiger partial charge in [-0.2, -0.15) is 4.31 Å². The summed E-state index contributed by atoms with van der Waals surface area (Å²) in [4.78, 5) is 17.2. The van der Waals surface area contributed by atoms with Gasteiger partial charge in [0.1, 0.15) is 4.21 Å². The minimum Gasteiger partial charge on any atom is -0.332 e. The van der Waals surface area contributed by atoms with E-state index >= 15 is 0 Å². The first kappa shape index (κ1) is 26.8. The number of carbonyl (C=O) groups is 1. The smallest absolute Gasteiger partial charge is 0.252 e. The summed E-state index contributed by atoms with van der Waals surface area (Å²) in [6, 6.07) is 21.2. The van der Waals surface area contributed by atoms with Crippen LogP contribution in [0.5, 0.6) is 0 Å². The van der Waals surface area contributed by atoms with Gasteiger partial charge in [0.25, 0.3) is 10.0 Å². The Balaban J connectivity index is 1.31. The Labute approximate surface area is 225 Å². The lowest BCUT2D eigenvalue weighted by Crippen LogP contribution is -2.31. The molecule has 5 nitrogen and oxygen atoms in total. The van der Waals surface area contributed by atoms with Gasteiger partial charge in [-0.1, -0.05) is 55.0 Å². The second-order valence-electron chi connectivity index (χ2n) is 8.31. The van der Waals surface area contributed by atoms with Crippen LogP contribution in [0.25, 0.3) is 0 Å². The van der Waals surface area contributed by atoms with Crippen LogP contribution in [0.2, 0.25) is 0 Å². The predicted molar refractivity (Wildman–Crippen MR) is 149 cm³/mol. The molecule has 1 aromatic carbocycles. The molecule has 0 N–H and O–H groups in total. The summed E-state index contributed by atoms with van der Waals surface area (Å²) in [5.41, 5.74) is 0.956. The molecular weight excluding hydrogens is 529 g/mol. The Morgan fingerprint density at radius 3 is 1.97 bits per heavy atom. The van der Waals surface area contributed by atoms with E-state index in [1.165, 1.54) is 11.3 Å². The summed E-state index contributed by atoms with van der Waals surface area (Å²) in [7, 11) is -3.56. The van der Waals surface area contributed by atoms with Crippen molar-refractivity contribution in [3.63, 3.8) is 0 Å². The van der Waals surface area contributed by atoms with Gasteiger partial charge in [-0.25, -0.2) is 8.42 Å². The Bertz CT molecular complexity index is 1230. The third-order valence-corrected chi connectivity index (χ3v) is 10.6. The second-order valence-corrected chi connectivity index (χ2v) is 13.5. The molecule has 0 aliphatic carbocycles. The van der Waals surface area contributed by atoms with E-state index < -0.39 is 10.0 Å². The summed E-state index contributed by atoms with van der Waals surface area (Å²) in [6.45, 7) is 1.92. The van der Waals surface area contributed by atoms with Crippen LogP contribution < -0.4 is 0 Å². The van der Waals surface area contributed by atoms with Gasteiger partial charge in [-0.05, 0) is 52.7 Å². The zero-order valence-electron chi connectivity index (χ0n) is 19.9. The number of thiophene rings is 3. The van der Waals surface area contributed by atoms with Gasteiger partial charge in [0.15, 0.2) is 0 Å². The molecule has 0 saturated carbocycles. The fourth-order valence-electron chi connectivity index (χ4n) is 3.79. The molecule has 36 heavy (non-hydrogen) atoms. The summed E-state index contributed by atoms with van der Waals surface area (Å²) < 4.78 is 28.4. The molecule has 0 spiro atoms. The lowest BCUT2D eigenvalue weighted by Gasteiger charge is -2.22. The summed E-state index contributed by atoms with van der Waals surface area (Å²) in [5, 5.41) is 5.84. The quantitative estimate of drug-likeness (QED) is 0.163. The standard InChI is InChI=1S/C27H29N2O3S4/c30-26(28(21-24-12-7-17-33-24)22-25-13-8-18-34-25)14-5-2-6-16-29(20-23-10-3-1-4-11-23)36(31,32)27-15-9-19-35-27/h1,3-4,7-15,17-19H,2,5-6,16,20-22H2. The van der Waals surface area contributed by atoms with Crippen molar-refractivity contribution >= 4 is 49.9 Å². The van der Waals surface area contributed by atoms with Crippen LogP contribution in [0.15, 0.2) is 87.1 Å². The normalized spacial score (nSPS) is 11.7. The molecule has 189 valence electrons. The molecule has 0 unspecified atom stereocenters. The van der Waals surface area contributed by atoms with Gasteiger partial charge in [-0.15, -0.1) is 34.0 Å². The topological polar surface area (TPSA) is 57.7 Å². The number of nitrogens with zero attached hydrogens (tertiary/aromatic N) is 2. The van der Waals surface area contributed by atoms with Crippen LogP contribution in [0.1, 0.15) is 34.6 Å². The van der Waals surface area contributed by atoms with Gasteiger partial charge in [-0.3, -0.25) is 4.79 Å². The van der Waals surface area contributed by atoms with Crippen LogP contribution in [0.3, 0.4) is 0 Å². The molecule has 3 heterocycles. The van der Waals surface area contributed by atoms with Crippen molar-refractivity contribution < 1.29 is 13.2 Å². The van der Waals surface area contributed by atoms with Gasteiger partial charge in [0, 0.05) is 29.3 Å². The first-order valence-corrected chi connectivity index (χ1v) is 15.8. The Kier molecular flexibility index (Phi) is 9.89. The molecule has 0 fully saturated rings. The average molecular weight is 558 g/mol. The van der Waals surface area contributed by atoms with Crippen LogP contribution in [-0.2, 0) is 34.5 Å². The van der Waals surface area contributed by atoms with Crippen LogP contribution in [0, 0.1) is 6.42 Å². The number of sulfonamides is 1. The van der Waals surface area contributed by atoms with Gasteiger partial charge in [0.05, 0.1) is 13.1 Å². The Hall–Kier alpha value is -2.30. The highest BCUT2D eigenvalue weighted by molar-refractivity contribution is 7.91. The van der Waals surface area contributed by atoms with E-state index in [4.69, 9.17) is 0 Å². The number of rotatable bonds is 14. The highest BCUT2D eigenvalue weighted by atomic mass is 32.2. The summed E-state index contributed by atoms with van der Waals surface area (Å²) >= 11 is 4.54. The molecule has 0 aliphatic rings. The highest BCUT2D eigenvalue weighted by Gasteiger charge is 2.25. The maximum Gasteiger partial charge on any atom is 0.252 e. The number of hydrogen-bond donors (Lipinski definition) is 0. The van der Waals surface area contributed by atoms with Gasteiger partial charge < -0.3 is 4.90 Å². The summed E-state index contributed by atoms with van der Waals surface area (Å²) in [6.07, 6.45) is 3.78. The van der Waals surface area contributed by atoms with Crippen molar-refractivity contribution in [1.29, 1.82) is 0 Å². The minimum absolute atomic E-state index is 0.0177. The van der Waals surface area contributed by atoms with Crippen molar-refractivity contribution in [3.05, 3.63) is 105 Å². The SMILES string of the molecule is O=C([CH]CCCCN(Cc1ccccc1)S(=O)(=O)c1cccs1)N(Cc1cccs1)Cc1cccs1. The fraction of sp³-hybridized carbons (Fsp3) is 0.259. The third kappa shape index (κ3) is 7.60. The van der Waals surface area contributed by atoms with Crippen molar-refractivity contribution in [2.24, 2.45) is 0 Å². The first-order chi connectivity index (χ1) is 17.5. The van der Waals surface area contributed by atoms with Crippen LogP contribution in [-0.4, -0.2) is 30.1 Å². The molecule has 3 aromatic heterocycles. The zero-order valence-corrected chi connectivity index (χ0v) is 23.1. The maximum atomic E-state index is 13.2. The molecule has 1 amide bonds. The zero-order chi connectivity index (χ0) is 25.2. The number of amides is 1. The minimum atomic E-state index is -3.56. The molecule has 0 atom stereocenters. The van der Waals surface area contributed by atoms with E-state index in [-0.39, 0.29) is 5.91 Å². The first-order valence-electron chi connectivity index (χ1n) is 11.8. The predicted octanol–water partition coefficient (Wildman–Crippen LogP) is 6.67. The van der Waals surface area contributed by atoms with Crippen molar-refractivity contribution in [3.8, 4) is 0 Å². The van der Waals surface area contributed by atoms with E-state index in [1.54, 1.807) is 50.9 Å².